The highest BCUT2D eigenvalue weighted by Crippen LogP contribution is 2.28. The molecule has 0 rings (SSSR count). The van der Waals surface area contributed by atoms with E-state index < -0.39 is 0 Å². The molecule has 0 atom stereocenters. The van der Waals surface area contributed by atoms with Gasteiger partial charge in [-0.3, -0.25) is 0 Å². The minimum absolute atomic E-state index is 0.457. The SMILES string of the molecule is CC[C](CBr)CC(C)(C)C. The summed E-state index contributed by atoms with van der Waals surface area (Å²) in [5.41, 5.74) is 0.457. The third-order valence-electron chi connectivity index (χ3n) is 1.47. The van der Waals surface area contributed by atoms with Crippen LogP contribution in [-0.2, 0) is 0 Å². The Morgan fingerprint density at radius 1 is 1.30 bits per heavy atom. The van der Waals surface area contributed by atoms with Gasteiger partial charge in [-0.1, -0.05) is 43.6 Å². The van der Waals surface area contributed by atoms with Gasteiger partial charge in [0.2, 0.25) is 0 Å². The van der Waals surface area contributed by atoms with Crippen LogP contribution in [0, 0.1) is 11.3 Å². The molecule has 0 aliphatic carbocycles. The van der Waals surface area contributed by atoms with Crippen LogP contribution in [0.3, 0.4) is 0 Å². The summed E-state index contributed by atoms with van der Waals surface area (Å²) in [6.07, 6.45) is 2.46. The van der Waals surface area contributed by atoms with Gasteiger partial charge in [0, 0.05) is 5.33 Å². The minimum atomic E-state index is 0.457. The summed E-state index contributed by atoms with van der Waals surface area (Å²) in [5.74, 6) is 1.62. The zero-order valence-corrected chi connectivity index (χ0v) is 9.09. The lowest BCUT2D eigenvalue weighted by atomic mass is 9.84. The molecule has 0 bridgehead atoms. The van der Waals surface area contributed by atoms with E-state index in [1.807, 2.05) is 0 Å². The molecule has 10 heavy (non-hydrogen) atoms. The zero-order valence-electron chi connectivity index (χ0n) is 7.50. The van der Waals surface area contributed by atoms with Crippen LogP contribution in [0.15, 0.2) is 0 Å². The van der Waals surface area contributed by atoms with Gasteiger partial charge in [-0.25, -0.2) is 0 Å². The number of halogens is 1. The lowest BCUT2D eigenvalue weighted by Crippen LogP contribution is -2.11. The van der Waals surface area contributed by atoms with Gasteiger partial charge in [0.1, 0.15) is 0 Å². The first-order valence-corrected chi connectivity index (χ1v) is 5.01. The summed E-state index contributed by atoms with van der Waals surface area (Å²) in [6.45, 7) is 9.07. The van der Waals surface area contributed by atoms with Crippen molar-refractivity contribution in [1.82, 2.24) is 0 Å². The van der Waals surface area contributed by atoms with Gasteiger partial charge in [-0.15, -0.1) is 0 Å². The Kier molecular flexibility index (Phi) is 4.59. The fourth-order valence-corrected chi connectivity index (χ4v) is 1.61. The minimum Gasteiger partial charge on any atom is -0.0922 e. The Bertz CT molecular complexity index is 77.2. The fraction of sp³-hybridized carbons (Fsp3) is 0.889. The molecule has 0 aromatic rings. The Balaban J connectivity index is 3.63. The largest absolute Gasteiger partial charge is 0.0922 e. The number of rotatable bonds is 3. The molecular formula is C9H18Br. The van der Waals surface area contributed by atoms with Crippen LogP contribution >= 0.6 is 15.9 Å². The third-order valence-corrected chi connectivity index (χ3v) is 2.26. The molecule has 0 heterocycles. The predicted molar refractivity (Wildman–Crippen MR) is 51.4 cm³/mol. The molecular weight excluding hydrogens is 188 g/mol. The van der Waals surface area contributed by atoms with Gasteiger partial charge < -0.3 is 0 Å². The molecule has 1 radical (unpaired) electrons. The van der Waals surface area contributed by atoms with Gasteiger partial charge in [0.25, 0.3) is 0 Å². The fourth-order valence-electron chi connectivity index (χ4n) is 1.02. The Morgan fingerprint density at radius 2 is 1.80 bits per heavy atom. The first-order chi connectivity index (χ1) is 4.49. The summed E-state index contributed by atoms with van der Waals surface area (Å²) < 4.78 is 0. The zero-order chi connectivity index (χ0) is 8.20. The van der Waals surface area contributed by atoms with E-state index in [9.17, 15) is 0 Å². The van der Waals surface area contributed by atoms with Gasteiger partial charge in [-0.2, -0.15) is 0 Å². The maximum Gasteiger partial charge on any atom is 0.00936 e. The van der Waals surface area contributed by atoms with Crippen LogP contribution < -0.4 is 0 Å². The molecule has 0 amide bonds. The van der Waals surface area contributed by atoms with Crippen molar-refractivity contribution < 1.29 is 0 Å². The van der Waals surface area contributed by atoms with Gasteiger partial charge >= 0.3 is 0 Å². The molecule has 0 fully saturated rings. The van der Waals surface area contributed by atoms with Crippen LogP contribution in [0.1, 0.15) is 40.5 Å². The molecule has 0 nitrogen and oxygen atoms in total. The third kappa shape index (κ3) is 5.28. The van der Waals surface area contributed by atoms with E-state index in [-0.39, 0.29) is 0 Å². The quantitative estimate of drug-likeness (QED) is 0.616. The van der Waals surface area contributed by atoms with Crippen molar-refractivity contribution in [3.63, 3.8) is 0 Å². The van der Waals surface area contributed by atoms with Crippen LogP contribution in [0.2, 0.25) is 0 Å². The summed E-state index contributed by atoms with van der Waals surface area (Å²) >= 11 is 3.49. The lowest BCUT2D eigenvalue weighted by molar-refractivity contribution is 0.383. The van der Waals surface area contributed by atoms with E-state index in [0.717, 1.165) is 5.33 Å². The summed E-state index contributed by atoms with van der Waals surface area (Å²) in [5, 5.41) is 1.07. The molecule has 61 valence electrons. The lowest BCUT2D eigenvalue weighted by Gasteiger charge is -2.22. The topological polar surface area (TPSA) is 0 Å². The molecule has 0 aromatic heterocycles. The monoisotopic (exact) mass is 205 g/mol. The van der Waals surface area contributed by atoms with E-state index >= 15 is 0 Å². The number of hydrogen-bond donors (Lipinski definition) is 0. The summed E-state index contributed by atoms with van der Waals surface area (Å²) in [7, 11) is 0. The Labute approximate surface area is 73.5 Å². The van der Waals surface area contributed by atoms with Crippen LogP contribution in [0.25, 0.3) is 0 Å². The molecule has 0 spiro atoms. The Morgan fingerprint density at radius 3 is 1.90 bits per heavy atom. The second-order valence-corrected chi connectivity index (χ2v) is 4.54. The van der Waals surface area contributed by atoms with E-state index in [0.29, 0.717) is 5.41 Å². The van der Waals surface area contributed by atoms with Gasteiger partial charge in [-0.05, 0) is 24.2 Å². The molecule has 0 aliphatic rings. The molecule has 0 unspecified atom stereocenters. The van der Waals surface area contributed by atoms with E-state index in [1.54, 1.807) is 5.92 Å². The molecule has 0 saturated heterocycles. The first-order valence-electron chi connectivity index (χ1n) is 3.89. The standard InChI is InChI=1S/C9H18Br/c1-5-8(7-10)6-9(2,3)4/h5-7H2,1-4H3. The van der Waals surface area contributed by atoms with E-state index in [1.165, 1.54) is 12.8 Å². The number of hydrogen-bond acceptors (Lipinski definition) is 0. The highest BCUT2D eigenvalue weighted by Gasteiger charge is 2.16. The normalized spacial score (nSPS) is 12.6. The average molecular weight is 206 g/mol. The second kappa shape index (κ2) is 4.38. The van der Waals surface area contributed by atoms with Crippen molar-refractivity contribution in [2.24, 2.45) is 5.41 Å². The first kappa shape index (κ1) is 10.5. The van der Waals surface area contributed by atoms with Crippen molar-refractivity contribution in [2.75, 3.05) is 5.33 Å². The number of alkyl halides is 1. The van der Waals surface area contributed by atoms with E-state index in [2.05, 4.69) is 43.6 Å². The predicted octanol–water partition coefficient (Wildman–Crippen LogP) is 3.80. The maximum atomic E-state index is 3.49. The molecule has 0 aromatic carbocycles. The van der Waals surface area contributed by atoms with Crippen molar-refractivity contribution in [3.05, 3.63) is 5.92 Å². The smallest absolute Gasteiger partial charge is 0.00936 e. The second-order valence-electron chi connectivity index (χ2n) is 3.97. The van der Waals surface area contributed by atoms with Crippen molar-refractivity contribution in [1.29, 1.82) is 0 Å². The van der Waals surface area contributed by atoms with Crippen LogP contribution in [0.5, 0.6) is 0 Å². The summed E-state index contributed by atoms with van der Waals surface area (Å²) in [6, 6.07) is 0. The van der Waals surface area contributed by atoms with E-state index in [4.69, 9.17) is 0 Å². The Hall–Kier alpha value is 0.480. The highest BCUT2D eigenvalue weighted by molar-refractivity contribution is 9.09. The van der Waals surface area contributed by atoms with Gasteiger partial charge in [0.15, 0.2) is 0 Å². The molecule has 0 saturated carbocycles. The van der Waals surface area contributed by atoms with Crippen LogP contribution in [0.4, 0.5) is 0 Å². The molecule has 0 aliphatic heterocycles. The maximum absolute atomic E-state index is 3.49. The highest BCUT2D eigenvalue weighted by atomic mass is 79.9. The molecule has 1 heteroatoms. The summed E-state index contributed by atoms with van der Waals surface area (Å²) in [4.78, 5) is 0. The average Bonchev–Trinajstić information content (AvgIpc) is 1.81. The van der Waals surface area contributed by atoms with Crippen LogP contribution in [-0.4, -0.2) is 5.33 Å². The van der Waals surface area contributed by atoms with Gasteiger partial charge in [0.05, 0.1) is 0 Å². The van der Waals surface area contributed by atoms with Crippen molar-refractivity contribution >= 4 is 15.9 Å². The van der Waals surface area contributed by atoms with Crippen molar-refractivity contribution in [3.8, 4) is 0 Å². The van der Waals surface area contributed by atoms with Crippen molar-refractivity contribution in [2.45, 2.75) is 40.5 Å². The molecule has 0 N–H and O–H groups in total.